The first kappa shape index (κ1) is 92.9. The number of ether oxygens (including phenoxy) is 6. The fourth-order valence-electron chi connectivity index (χ4n) is 15.5. The summed E-state index contributed by atoms with van der Waals surface area (Å²) in [6, 6.07) is 33.4. The monoisotopic (exact) mass is 1750 g/mol. The lowest BCUT2D eigenvalue weighted by molar-refractivity contribution is -0.127. The van der Waals surface area contributed by atoms with Crippen LogP contribution in [0.2, 0.25) is 24.2 Å². The van der Waals surface area contributed by atoms with Crippen LogP contribution in [0.3, 0.4) is 0 Å². The number of carbonyl (C=O) groups is 6. The van der Waals surface area contributed by atoms with E-state index in [4.69, 9.17) is 81.5 Å². The average molecular weight is 1750 g/mol. The van der Waals surface area contributed by atoms with Gasteiger partial charge in [-0.3, -0.25) is 38.6 Å². The Kier molecular flexibility index (Phi) is 31.7. The molecule has 656 valence electrons. The smallest absolute Gasteiger partial charge is 0.457 e. The van der Waals surface area contributed by atoms with E-state index < -0.39 is 94.6 Å². The molecule has 2 unspecified atom stereocenters. The van der Waals surface area contributed by atoms with E-state index in [0.29, 0.717) is 86.3 Å². The Bertz CT molecular complexity index is 4520. The zero-order valence-electron chi connectivity index (χ0n) is 72.4. The lowest BCUT2D eigenvalue weighted by Gasteiger charge is -2.37. The van der Waals surface area contributed by atoms with Crippen molar-refractivity contribution >= 4 is 137 Å². The van der Waals surface area contributed by atoms with E-state index in [1.165, 1.54) is 0 Å². The Morgan fingerprint density at radius 2 is 0.525 bits per heavy atom. The highest BCUT2D eigenvalue weighted by Crippen LogP contribution is 2.58. The van der Waals surface area contributed by atoms with Crippen molar-refractivity contribution in [3.05, 3.63) is 144 Å². The average Bonchev–Trinajstić information content (AvgIpc) is 0.669. The summed E-state index contributed by atoms with van der Waals surface area (Å²) in [6.07, 6.45) is 0. The van der Waals surface area contributed by atoms with Gasteiger partial charge in [-0.15, -0.1) is 0 Å². The molecular weight excluding hydrogens is 1640 g/mol. The van der Waals surface area contributed by atoms with Gasteiger partial charge >= 0.3 is 35.2 Å². The van der Waals surface area contributed by atoms with Crippen molar-refractivity contribution < 1.29 is 110 Å². The highest BCUT2D eigenvalue weighted by Gasteiger charge is 2.49. The first-order valence-electron chi connectivity index (χ1n) is 40.4. The molecule has 0 fully saturated rings. The quantitative estimate of drug-likeness (QED) is 0.00678. The van der Waals surface area contributed by atoms with Crippen LogP contribution in [0.15, 0.2) is 121 Å². The highest BCUT2D eigenvalue weighted by molar-refractivity contribution is 6.62. The third-order valence-electron chi connectivity index (χ3n) is 21.9. The summed E-state index contributed by atoms with van der Waals surface area (Å²) in [5, 5.41) is 21.0. The molecule has 122 heavy (non-hydrogen) atoms. The number of rotatable bonds is 50. The third-order valence-corrected chi connectivity index (χ3v) is 32.8. The number of benzene rings is 9. The zero-order chi connectivity index (χ0) is 87.8. The van der Waals surface area contributed by atoms with Crippen LogP contribution >= 0.6 is 0 Å². The molecule has 32 nitrogen and oxygen atoms in total. The predicted molar refractivity (Wildman–Crippen MR) is 471 cm³/mol. The summed E-state index contributed by atoms with van der Waals surface area (Å²) in [5.74, 6) is -4.91. The van der Waals surface area contributed by atoms with Crippen LogP contribution in [-0.2, 0) is 72.2 Å². The lowest BCUT2D eigenvalue weighted by Crippen LogP contribution is -2.56. The summed E-state index contributed by atoms with van der Waals surface area (Å²) in [6.45, 7) is 13.4. The van der Waals surface area contributed by atoms with E-state index in [0.717, 1.165) is 9.80 Å². The molecule has 9 aromatic carbocycles. The van der Waals surface area contributed by atoms with E-state index in [1.54, 1.807) is 186 Å². The van der Waals surface area contributed by atoms with Crippen molar-refractivity contribution in [1.29, 1.82) is 0 Å². The summed E-state index contributed by atoms with van der Waals surface area (Å²) < 4.78 is 109. The molecule has 0 saturated carbocycles. The van der Waals surface area contributed by atoms with Crippen molar-refractivity contribution in [2.45, 2.75) is 77.8 Å². The second-order valence-electron chi connectivity index (χ2n) is 29.4. The van der Waals surface area contributed by atoms with Gasteiger partial charge < -0.3 is 113 Å². The van der Waals surface area contributed by atoms with Gasteiger partial charge in [0.15, 0.2) is 0 Å². The maximum absolute atomic E-state index is 16.5. The first-order chi connectivity index (χ1) is 58.8. The van der Waals surface area contributed by atoms with Gasteiger partial charge in [0.1, 0.15) is 58.1 Å². The number of carbonyl (C=O) groups excluding carboxylic acids is 6. The standard InChI is InChI=1S/C86H112N8O24Si4/c1-19-113-43-37-91-81(95)79(53(3)4)93-83(97)63-49-67(115-59-29-21-55(22-30-59)87-39-45-119(101-7,102-8)103-9)73-75-69(117-61-33-25-57(26-34-61)89-41-47-121(107-13,108-14)109-15)51-65-72-66(86(100)94(85(65)99)80(54(5)6)82(96)92-38-44-114-20-2)52-70(118-62-35-27-58(28-36-62)90-42-48-122(110-16,111-17)112-18)76(78(72)75)74-68(50-64(84(93)98)71(63)77(73)74)116-60-31-23-56(24-32-60)88-40-46-120(104-10,105-11)106-12/h21-36,49-54,79-80,87-90H,19-20,37-48H2,1-18H3,(H,91,95)(H,92,96). The summed E-state index contributed by atoms with van der Waals surface area (Å²) in [4.78, 5) is 97.8. The van der Waals surface area contributed by atoms with Crippen LogP contribution in [0.25, 0.3) is 43.1 Å². The molecule has 2 aliphatic heterocycles. The van der Waals surface area contributed by atoms with Crippen LogP contribution in [-0.4, -0.2) is 244 Å². The van der Waals surface area contributed by atoms with Crippen LogP contribution < -0.4 is 50.8 Å². The van der Waals surface area contributed by atoms with Crippen molar-refractivity contribution in [1.82, 2.24) is 20.4 Å². The topological polar surface area (TPSA) is 347 Å². The molecule has 0 aliphatic carbocycles. The minimum Gasteiger partial charge on any atom is -0.457 e. The SMILES string of the molecule is CCOCCNC(=O)C(C(C)C)N1C(=O)c2cc(Oc3ccc(NCC[Si](OC)(OC)OC)cc3)c3c4c(Oc5ccc(NCC[Si](OC)(OC)OC)cc5)cc5c6c(cc(Oc7ccc(NCC[Si](OC)(OC)OC)cc7)c(c7c(Oc8ccc(NCC[Si](OC)(OC)OC)cc8)cc(c2c37)C1=O)c64)C(=O)N(C(C(=O)NCCOCC)C(C)C)C5=O. The molecular formula is C86H112N8O24Si4. The maximum atomic E-state index is 16.5. The van der Waals surface area contributed by atoms with Gasteiger partial charge in [0.2, 0.25) is 11.8 Å². The van der Waals surface area contributed by atoms with E-state index >= 15 is 19.2 Å². The van der Waals surface area contributed by atoms with E-state index in [1.807, 2.05) is 62.4 Å². The summed E-state index contributed by atoms with van der Waals surface area (Å²) >= 11 is 0. The van der Waals surface area contributed by atoms with Gasteiger partial charge in [-0.25, -0.2) is 0 Å². The molecule has 0 radical (unpaired) electrons. The highest BCUT2D eigenvalue weighted by atomic mass is 28.4. The molecule has 9 aromatic rings. The number of anilines is 4. The summed E-state index contributed by atoms with van der Waals surface area (Å²) in [7, 11) is 6.47. The minimum atomic E-state index is -3.02. The van der Waals surface area contributed by atoms with Crippen LogP contribution in [0.5, 0.6) is 46.0 Å². The first-order valence-corrected chi connectivity index (χ1v) is 48.1. The van der Waals surface area contributed by atoms with Gasteiger partial charge in [-0.1, -0.05) is 27.7 Å². The van der Waals surface area contributed by atoms with Crippen LogP contribution in [0.1, 0.15) is 83.0 Å². The number of fused-ring (bicyclic) bond motifs is 2. The van der Waals surface area contributed by atoms with Crippen molar-refractivity contribution in [2.24, 2.45) is 11.8 Å². The normalized spacial score (nSPS) is 13.8. The molecule has 0 saturated heterocycles. The molecule has 36 heteroatoms. The Hall–Kier alpha value is -9.79. The number of imide groups is 2. The second-order valence-corrected chi connectivity index (χ2v) is 41.8. The Morgan fingerprint density at radius 1 is 0.311 bits per heavy atom. The molecule has 2 atom stereocenters. The second kappa shape index (κ2) is 41.6. The van der Waals surface area contributed by atoms with E-state index in [9.17, 15) is 9.59 Å². The largest absolute Gasteiger partial charge is 0.501 e. The van der Waals surface area contributed by atoms with E-state index in [-0.39, 0.29) is 138 Å². The lowest BCUT2D eigenvalue weighted by atomic mass is 9.80. The van der Waals surface area contributed by atoms with Crippen LogP contribution in [0, 0.1) is 11.8 Å². The molecule has 0 bridgehead atoms. The predicted octanol–water partition coefficient (Wildman–Crippen LogP) is 13.6. The molecule has 2 aliphatic rings. The van der Waals surface area contributed by atoms with Crippen molar-refractivity contribution in [3.8, 4) is 46.0 Å². The molecule has 11 rings (SSSR count). The zero-order valence-corrected chi connectivity index (χ0v) is 76.4. The number of nitrogens with zero attached hydrogens (tertiary/aromatic N) is 2. The Balaban J connectivity index is 1.26. The summed E-state index contributed by atoms with van der Waals surface area (Å²) in [5.41, 5.74) is 2.50. The van der Waals surface area contributed by atoms with Gasteiger partial charge in [-0.2, -0.15) is 0 Å². The van der Waals surface area contributed by atoms with E-state index in [2.05, 4.69) is 31.9 Å². The van der Waals surface area contributed by atoms with Crippen molar-refractivity contribution in [3.63, 3.8) is 0 Å². The number of hydrogen-bond acceptors (Lipinski definition) is 28. The number of hydrogen-bond donors (Lipinski definition) is 6. The Morgan fingerprint density at radius 3 is 0.713 bits per heavy atom. The number of nitrogens with one attached hydrogen (secondary N) is 6. The van der Waals surface area contributed by atoms with Gasteiger partial charge in [0.05, 0.1) is 35.5 Å². The van der Waals surface area contributed by atoms with Crippen LogP contribution in [0.4, 0.5) is 22.7 Å². The van der Waals surface area contributed by atoms with Crippen molar-refractivity contribution in [2.75, 3.05) is 172 Å². The molecule has 6 amide bonds. The molecule has 0 aromatic heterocycles. The van der Waals surface area contributed by atoms with Gasteiger partial charge in [-0.05, 0) is 147 Å². The fourth-order valence-corrected chi connectivity index (χ4v) is 21.7. The Labute approximate surface area is 715 Å². The van der Waals surface area contributed by atoms with Gasteiger partial charge in [0, 0.05) is 228 Å². The fraction of sp³-hybridized carbons (Fsp3) is 0.419. The van der Waals surface area contributed by atoms with Gasteiger partial charge in [0.25, 0.3) is 23.6 Å². The maximum Gasteiger partial charge on any atom is 0.501 e. The minimum absolute atomic E-state index is 0.000617. The molecule has 6 N–H and O–H groups in total. The third kappa shape index (κ3) is 19.7. The number of amides is 6. The molecule has 2 heterocycles. The molecule has 0 spiro atoms.